The van der Waals surface area contributed by atoms with Crippen LogP contribution < -0.4 is 10.6 Å². The maximum absolute atomic E-state index is 11.6. The van der Waals surface area contributed by atoms with Gasteiger partial charge in [0, 0.05) is 12.6 Å². The van der Waals surface area contributed by atoms with E-state index in [1.165, 1.54) is 10.9 Å². The quantitative estimate of drug-likeness (QED) is 0.682. The molecule has 0 spiro atoms. The molecule has 0 saturated heterocycles. The number of hydrogen-bond acceptors (Lipinski definition) is 4. The van der Waals surface area contributed by atoms with E-state index in [1.807, 2.05) is 6.92 Å². The lowest BCUT2D eigenvalue weighted by atomic mass is 10.0. The van der Waals surface area contributed by atoms with Crippen molar-refractivity contribution in [2.75, 3.05) is 6.54 Å². The number of hydrogen-bond donors (Lipinski definition) is 3. The van der Waals surface area contributed by atoms with Crippen molar-refractivity contribution in [1.82, 2.24) is 25.6 Å². The predicted octanol–water partition coefficient (Wildman–Crippen LogP) is 0.710. The van der Waals surface area contributed by atoms with E-state index < -0.39 is 5.97 Å². The normalized spacial score (nSPS) is 13.6. The zero-order valence-electron chi connectivity index (χ0n) is 12.0. The summed E-state index contributed by atoms with van der Waals surface area (Å²) in [5, 5.41) is 21.4. The lowest BCUT2D eigenvalue weighted by Crippen LogP contribution is -2.44. The molecule has 2 atom stereocenters. The van der Waals surface area contributed by atoms with Gasteiger partial charge in [0.1, 0.15) is 0 Å². The molecule has 1 aromatic heterocycles. The second kappa shape index (κ2) is 7.46. The zero-order valence-corrected chi connectivity index (χ0v) is 12.0. The van der Waals surface area contributed by atoms with Crippen molar-refractivity contribution in [3.8, 4) is 0 Å². The van der Waals surface area contributed by atoms with Gasteiger partial charge in [-0.15, -0.1) is 5.10 Å². The summed E-state index contributed by atoms with van der Waals surface area (Å²) in [5.74, 6) is -0.710. The third-order valence-electron chi connectivity index (χ3n) is 3.24. The van der Waals surface area contributed by atoms with Crippen LogP contribution in [-0.4, -0.2) is 44.7 Å². The van der Waals surface area contributed by atoms with Crippen LogP contribution in [0.1, 0.15) is 37.7 Å². The van der Waals surface area contributed by atoms with Crippen LogP contribution in [0.2, 0.25) is 0 Å². The van der Waals surface area contributed by atoms with Crippen LogP contribution in [0, 0.1) is 5.92 Å². The number of nitrogens with zero attached hydrogens (tertiary/aromatic N) is 3. The topological polar surface area (TPSA) is 109 Å². The fourth-order valence-corrected chi connectivity index (χ4v) is 1.54. The molecule has 0 fully saturated rings. The minimum Gasteiger partial charge on any atom is -0.476 e. The molecular weight excluding hydrogens is 262 g/mol. The Morgan fingerprint density at radius 1 is 1.45 bits per heavy atom. The molecule has 0 saturated carbocycles. The van der Waals surface area contributed by atoms with Crippen molar-refractivity contribution < 1.29 is 14.7 Å². The molecule has 20 heavy (non-hydrogen) atoms. The molecule has 3 N–H and O–H groups in total. The number of rotatable bonds is 7. The molecular formula is C12H21N5O3. The Balaban J connectivity index is 2.29. The van der Waals surface area contributed by atoms with Crippen LogP contribution in [0.25, 0.3) is 0 Å². The molecule has 0 aliphatic heterocycles. The standard InChI is InChI=1S/C12H21N5O3/c1-4-8(2)9(3)14-12(20)13-5-6-17-7-10(11(18)19)15-16-17/h7-9H,4-6H2,1-3H3,(H,18,19)(H2,13,14,20). The predicted molar refractivity (Wildman–Crippen MR) is 72.4 cm³/mol. The number of carboxylic acid groups (broad SMARTS) is 1. The number of nitrogens with one attached hydrogen (secondary N) is 2. The first-order valence-electron chi connectivity index (χ1n) is 6.61. The average molecular weight is 283 g/mol. The lowest BCUT2D eigenvalue weighted by molar-refractivity contribution is 0.0690. The number of aromatic nitrogens is 3. The summed E-state index contributed by atoms with van der Waals surface area (Å²) in [6.07, 6.45) is 2.32. The first kappa shape index (κ1) is 15.9. The molecule has 1 heterocycles. The Hall–Kier alpha value is -2.12. The second-order valence-electron chi connectivity index (χ2n) is 4.75. The Kier molecular flexibility index (Phi) is 5.95. The molecule has 112 valence electrons. The van der Waals surface area contributed by atoms with Crippen molar-refractivity contribution in [2.45, 2.75) is 39.8 Å². The second-order valence-corrected chi connectivity index (χ2v) is 4.75. The zero-order chi connectivity index (χ0) is 15.1. The highest BCUT2D eigenvalue weighted by Gasteiger charge is 2.12. The molecule has 0 aliphatic rings. The molecule has 0 aliphatic carbocycles. The summed E-state index contributed by atoms with van der Waals surface area (Å²) in [6.45, 7) is 6.83. The van der Waals surface area contributed by atoms with Gasteiger partial charge in [-0.3, -0.25) is 0 Å². The largest absolute Gasteiger partial charge is 0.476 e. The molecule has 1 rings (SSSR count). The van der Waals surface area contributed by atoms with E-state index in [2.05, 4.69) is 34.8 Å². The van der Waals surface area contributed by atoms with Gasteiger partial charge in [-0.05, 0) is 12.8 Å². The Labute approximate surface area is 117 Å². The van der Waals surface area contributed by atoms with Crippen LogP contribution in [0.4, 0.5) is 4.79 Å². The summed E-state index contributed by atoms with van der Waals surface area (Å²) in [7, 11) is 0. The number of amides is 2. The molecule has 0 bridgehead atoms. The number of aromatic carboxylic acids is 1. The molecule has 8 heteroatoms. The van der Waals surface area contributed by atoms with Gasteiger partial charge in [0.2, 0.25) is 0 Å². The van der Waals surface area contributed by atoms with E-state index in [0.717, 1.165) is 6.42 Å². The number of carbonyl (C=O) groups excluding carboxylic acids is 1. The van der Waals surface area contributed by atoms with Crippen molar-refractivity contribution in [1.29, 1.82) is 0 Å². The SMILES string of the molecule is CCC(C)C(C)NC(=O)NCCn1cc(C(=O)O)nn1. The number of carboxylic acids is 1. The van der Waals surface area contributed by atoms with Crippen LogP contribution >= 0.6 is 0 Å². The number of urea groups is 1. The van der Waals surface area contributed by atoms with Crippen LogP contribution in [-0.2, 0) is 6.54 Å². The maximum atomic E-state index is 11.6. The molecule has 2 unspecified atom stereocenters. The van der Waals surface area contributed by atoms with E-state index in [1.54, 1.807) is 0 Å². The Bertz CT molecular complexity index is 460. The van der Waals surface area contributed by atoms with Gasteiger partial charge < -0.3 is 15.7 Å². The summed E-state index contributed by atoms with van der Waals surface area (Å²) in [6, 6.07) is -0.138. The molecule has 0 radical (unpaired) electrons. The van der Waals surface area contributed by atoms with Gasteiger partial charge in [-0.25, -0.2) is 14.3 Å². The summed E-state index contributed by atoms with van der Waals surface area (Å²) in [5.41, 5.74) is -0.111. The van der Waals surface area contributed by atoms with Crippen molar-refractivity contribution >= 4 is 12.0 Å². The highest BCUT2D eigenvalue weighted by Crippen LogP contribution is 2.05. The Morgan fingerprint density at radius 2 is 2.15 bits per heavy atom. The van der Waals surface area contributed by atoms with Gasteiger partial charge in [-0.2, -0.15) is 0 Å². The van der Waals surface area contributed by atoms with E-state index in [-0.39, 0.29) is 17.8 Å². The summed E-state index contributed by atoms with van der Waals surface area (Å²) < 4.78 is 1.38. The van der Waals surface area contributed by atoms with Crippen molar-refractivity contribution in [3.05, 3.63) is 11.9 Å². The minimum atomic E-state index is -1.12. The van der Waals surface area contributed by atoms with Crippen molar-refractivity contribution in [3.63, 3.8) is 0 Å². The minimum absolute atomic E-state index is 0.102. The maximum Gasteiger partial charge on any atom is 0.358 e. The highest BCUT2D eigenvalue weighted by atomic mass is 16.4. The Morgan fingerprint density at radius 3 is 2.70 bits per heavy atom. The third kappa shape index (κ3) is 4.87. The molecule has 1 aromatic rings. The van der Waals surface area contributed by atoms with Crippen LogP contribution in [0.15, 0.2) is 6.20 Å². The fourth-order valence-electron chi connectivity index (χ4n) is 1.54. The highest BCUT2D eigenvalue weighted by molar-refractivity contribution is 5.84. The van der Waals surface area contributed by atoms with E-state index in [9.17, 15) is 9.59 Å². The van der Waals surface area contributed by atoms with Gasteiger partial charge in [0.25, 0.3) is 0 Å². The monoisotopic (exact) mass is 283 g/mol. The molecule has 8 nitrogen and oxygen atoms in total. The average Bonchev–Trinajstić information content (AvgIpc) is 2.86. The van der Waals surface area contributed by atoms with E-state index >= 15 is 0 Å². The summed E-state index contributed by atoms with van der Waals surface area (Å²) >= 11 is 0. The first-order valence-corrected chi connectivity index (χ1v) is 6.61. The third-order valence-corrected chi connectivity index (χ3v) is 3.24. The number of carbonyl (C=O) groups is 2. The van der Waals surface area contributed by atoms with E-state index in [0.29, 0.717) is 19.0 Å². The van der Waals surface area contributed by atoms with Gasteiger partial charge in [0.15, 0.2) is 5.69 Å². The first-order chi connectivity index (χ1) is 9.43. The van der Waals surface area contributed by atoms with Crippen molar-refractivity contribution in [2.24, 2.45) is 5.92 Å². The fraction of sp³-hybridized carbons (Fsp3) is 0.667. The smallest absolute Gasteiger partial charge is 0.358 e. The molecule has 0 aromatic carbocycles. The molecule has 2 amide bonds. The van der Waals surface area contributed by atoms with E-state index in [4.69, 9.17) is 5.11 Å². The lowest BCUT2D eigenvalue weighted by Gasteiger charge is -2.20. The van der Waals surface area contributed by atoms with Gasteiger partial charge in [-0.1, -0.05) is 25.5 Å². The summed E-state index contributed by atoms with van der Waals surface area (Å²) in [4.78, 5) is 22.2. The van der Waals surface area contributed by atoms with Crippen LogP contribution in [0.3, 0.4) is 0 Å². The van der Waals surface area contributed by atoms with Gasteiger partial charge >= 0.3 is 12.0 Å². The van der Waals surface area contributed by atoms with Crippen LogP contribution in [0.5, 0.6) is 0 Å². The van der Waals surface area contributed by atoms with Gasteiger partial charge in [0.05, 0.1) is 12.7 Å².